The molecule has 20 heavy (non-hydrogen) atoms. The topological polar surface area (TPSA) is 26.3 Å². The number of alkyl halides is 2. The van der Waals surface area contributed by atoms with E-state index in [0.29, 0.717) is 11.1 Å². The highest BCUT2D eigenvalue weighted by Crippen LogP contribution is 2.19. The van der Waals surface area contributed by atoms with Crippen LogP contribution in [0.4, 0.5) is 8.78 Å². The van der Waals surface area contributed by atoms with Gasteiger partial charge in [0.05, 0.1) is 0 Å². The third-order valence-electron chi connectivity index (χ3n) is 3.09. The molecule has 2 aromatic carbocycles. The second kappa shape index (κ2) is 5.82. The van der Waals surface area contributed by atoms with E-state index in [4.69, 9.17) is 0 Å². The molecule has 0 amide bonds. The molecule has 0 saturated heterocycles. The summed E-state index contributed by atoms with van der Waals surface area (Å²) in [4.78, 5) is 12.3. The molecule has 0 radical (unpaired) electrons. The van der Waals surface area contributed by atoms with Gasteiger partial charge in [-0.3, -0.25) is 4.79 Å². The summed E-state index contributed by atoms with van der Waals surface area (Å²) < 4.78 is 28.6. The first kappa shape index (κ1) is 14.2. The van der Waals surface area contributed by atoms with E-state index in [1.165, 1.54) is 18.2 Å². The first-order chi connectivity index (χ1) is 9.47. The smallest absolute Gasteiger partial charge is 0.387 e. The minimum atomic E-state index is -2.90. The van der Waals surface area contributed by atoms with Crippen molar-refractivity contribution in [3.05, 3.63) is 64.7 Å². The van der Waals surface area contributed by atoms with Crippen molar-refractivity contribution in [1.29, 1.82) is 0 Å². The summed E-state index contributed by atoms with van der Waals surface area (Å²) in [6.45, 7) is 0.977. The normalized spacial score (nSPS) is 10.7. The number of ketones is 1. The van der Waals surface area contributed by atoms with E-state index < -0.39 is 6.61 Å². The first-order valence-electron chi connectivity index (χ1n) is 6.14. The Hall–Kier alpha value is -2.23. The van der Waals surface area contributed by atoms with Crippen molar-refractivity contribution in [3.63, 3.8) is 0 Å². The number of carbonyl (C=O) groups excluding carboxylic acids is 1. The third kappa shape index (κ3) is 3.20. The number of hydrogen-bond donors (Lipinski definition) is 0. The zero-order valence-corrected chi connectivity index (χ0v) is 11.2. The van der Waals surface area contributed by atoms with Gasteiger partial charge in [-0.25, -0.2) is 0 Å². The Morgan fingerprint density at radius 1 is 1.00 bits per heavy atom. The van der Waals surface area contributed by atoms with Crippen LogP contribution in [0, 0.1) is 13.8 Å². The molecule has 0 atom stereocenters. The van der Waals surface area contributed by atoms with E-state index in [1.807, 2.05) is 19.9 Å². The molecule has 0 N–H and O–H groups in total. The molecule has 2 aromatic rings. The second-order valence-corrected chi connectivity index (χ2v) is 4.53. The van der Waals surface area contributed by atoms with Gasteiger partial charge in [0.15, 0.2) is 5.78 Å². The van der Waals surface area contributed by atoms with Crippen LogP contribution in [0.1, 0.15) is 27.0 Å². The maximum atomic E-state index is 12.3. The van der Waals surface area contributed by atoms with Crippen molar-refractivity contribution in [2.75, 3.05) is 0 Å². The third-order valence-corrected chi connectivity index (χ3v) is 3.09. The summed E-state index contributed by atoms with van der Waals surface area (Å²) in [7, 11) is 0. The SMILES string of the molecule is Cc1ccc(C(=O)c2cccc(OC(F)F)c2)cc1C. The molecule has 104 valence electrons. The van der Waals surface area contributed by atoms with Gasteiger partial charge >= 0.3 is 6.61 Å². The van der Waals surface area contributed by atoms with Crippen molar-refractivity contribution in [2.24, 2.45) is 0 Å². The fourth-order valence-corrected chi connectivity index (χ4v) is 1.86. The summed E-state index contributed by atoms with van der Waals surface area (Å²) >= 11 is 0. The average molecular weight is 276 g/mol. The molecule has 0 aliphatic rings. The molecule has 0 aliphatic heterocycles. The Morgan fingerprint density at radius 3 is 2.35 bits per heavy atom. The standard InChI is InChI=1S/C16H14F2O2/c1-10-6-7-13(8-11(10)2)15(19)12-4-3-5-14(9-12)20-16(17)18/h3-9,16H,1-2H3. The van der Waals surface area contributed by atoms with E-state index in [1.54, 1.807) is 18.2 Å². The van der Waals surface area contributed by atoms with Crippen LogP contribution in [0.25, 0.3) is 0 Å². The van der Waals surface area contributed by atoms with Gasteiger partial charge in [-0.15, -0.1) is 0 Å². The molecule has 0 bridgehead atoms. The lowest BCUT2D eigenvalue weighted by molar-refractivity contribution is -0.0498. The summed E-state index contributed by atoms with van der Waals surface area (Å²) in [5.41, 5.74) is 2.96. The molecule has 2 rings (SSSR count). The number of carbonyl (C=O) groups is 1. The van der Waals surface area contributed by atoms with E-state index in [9.17, 15) is 13.6 Å². The van der Waals surface area contributed by atoms with Crippen molar-refractivity contribution in [2.45, 2.75) is 20.5 Å². The van der Waals surface area contributed by atoms with Gasteiger partial charge in [-0.05, 0) is 43.2 Å². The molecule has 0 unspecified atom stereocenters. The molecule has 2 nitrogen and oxygen atoms in total. The lowest BCUT2D eigenvalue weighted by atomic mass is 9.99. The van der Waals surface area contributed by atoms with Gasteiger partial charge in [0.1, 0.15) is 5.75 Å². The highest BCUT2D eigenvalue weighted by molar-refractivity contribution is 6.09. The van der Waals surface area contributed by atoms with Gasteiger partial charge < -0.3 is 4.74 Å². The highest BCUT2D eigenvalue weighted by Gasteiger charge is 2.12. The fourth-order valence-electron chi connectivity index (χ4n) is 1.86. The van der Waals surface area contributed by atoms with Gasteiger partial charge in [0, 0.05) is 11.1 Å². The van der Waals surface area contributed by atoms with Crippen molar-refractivity contribution >= 4 is 5.78 Å². The summed E-state index contributed by atoms with van der Waals surface area (Å²) in [5, 5.41) is 0. The van der Waals surface area contributed by atoms with Crippen molar-refractivity contribution in [3.8, 4) is 5.75 Å². The molecule has 0 aromatic heterocycles. The van der Waals surface area contributed by atoms with Gasteiger partial charge in [0.2, 0.25) is 0 Å². The summed E-state index contributed by atoms with van der Waals surface area (Å²) in [5.74, 6) is -0.234. The number of hydrogen-bond acceptors (Lipinski definition) is 2. The minimum absolute atomic E-state index is 0.0188. The summed E-state index contributed by atoms with van der Waals surface area (Å²) in [6, 6.07) is 11.2. The van der Waals surface area contributed by atoms with E-state index in [2.05, 4.69) is 4.74 Å². The van der Waals surface area contributed by atoms with E-state index in [-0.39, 0.29) is 11.5 Å². The first-order valence-corrected chi connectivity index (χ1v) is 6.14. The predicted octanol–water partition coefficient (Wildman–Crippen LogP) is 4.14. The van der Waals surface area contributed by atoms with E-state index >= 15 is 0 Å². The number of halogens is 2. The van der Waals surface area contributed by atoms with Crippen LogP contribution in [-0.2, 0) is 0 Å². The molecule has 0 spiro atoms. The lowest BCUT2D eigenvalue weighted by Crippen LogP contribution is -2.05. The van der Waals surface area contributed by atoms with Gasteiger partial charge in [0.25, 0.3) is 0 Å². The largest absolute Gasteiger partial charge is 0.435 e. The molecular formula is C16H14F2O2. The van der Waals surface area contributed by atoms with Crippen LogP contribution < -0.4 is 4.74 Å². The van der Waals surface area contributed by atoms with Crippen molar-refractivity contribution < 1.29 is 18.3 Å². The fraction of sp³-hybridized carbons (Fsp3) is 0.188. The van der Waals surface area contributed by atoms with Crippen molar-refractivity contribution in [1.82, 2.24) is 0 Å². The quantitative estimate of drug-likeness (QED) is 0.785. The van der Waals surface area contributed by atoms with Crippen LogP contribution in [0.15, 0.2) is 42.5 Å². The zero-order valence-electron chi connectivity index (χ0n) is 11.2. The maximum absolute atomic E-state index is 12.3. The predicted molar refractivity (Wildman–Crippen MR) is 72.4 cm³/mol. The zero-order chi connectivity index (χ0) is 14.7. The van der Waals surface area contributed by atoms with Crippen LogP contribution in [0.5, 0.6) is 5.75 Å². The molecule has 0 fully saturated rings. The Morgan fingerprint density at radius 2 is 1.70 bits per heavy atom. The monoisotopic (exact) mass is 276 g/mol. The van der Waals surface area contributed by atoms with Gasteiger partial charge in [-0.2, -0.15) is 8.78 Å². The Kier molecular flexibility index (Phi) is 4.13. The molecular weight excluding hydrogens is 262 g/mol. The van der Waals surface area contributed by atoms with Gasteiger partial charge in [-0.1, -0.05) is 24.3 Å². The Bertz CT molecular complexity index is 636. The highest BCUT2D eigenvalue weighted by atomic mass is 19.3. The Labute approximate surface area is 116 Å². The number of rotatable bonds is 4. The van der Waals surface area contributed by atoms with Crippen LogP contribution in [0.3, 0.4) is 0 Å². The lowest BCUT2D eigenvalue weighted by Gasteiger charge is -2.07. The van der Waals surface area contributed by atoms with Crippen LogP contribution in [0.2, 0.25) is 0 Å². The maximum Gasteiger partial charge on any atom is 0.387 e. The minimum Gasteiger partial charge on any atom is -0.435 e. The molecule has 0 heterocycles. The Balaban J connectivity index is 2.30. The molecule has 0 aliphatic carbocycles. The van der Waals surface area contributed by atoms with Crippen LogP contribution in [-0.4, -0.2) is 12.4 Å². The van der Waals surface area contributed by atoms with Crippen LogP contribution >= 0.6 is 0 Å². The second-order valence-electron chi connectivity index (χ2n) is 4.53. The summed E-state index contributed by atoms with van der Waals surface area (Å²) in [6.07, 6.45) is 0. The molecule has 4 heteroatoms. The number of benzene rings is 2. The molecule has 0 saturated carbocycles. The number of aryl methyl sites for hydroxylation is 2. The average Bonchev–Trinajstić information content (AvgIpc) is 2.40. The number of ether oxygens (including phenoxy) is 1. The van der Waals surface area contributed by atoms with E-state index in [0.717, 1.165) is 11.1 Å².